The molecule has 11 atom stereocenters. The second-order valence-electron chi connectivity index (χ2n) is 11.9. The van der Waals surface area contributed by atoms with Gasteiger partial charge in [-0.2, -0.15) is 0 Å². The van der Waals surface area contributed by atoms with Crippen molar-refractivity contribution in [3.05, 3.63) is 11.6 Å². The van der Waals surface area contributed by atoms with Crippen molar-refractivity contribution in [1.82, 2.24) is 0 Å². The van der Waals surface area contributed by atoms with Gasteiger partial charge < -0.3 is 34.3 Å². The molecular weight excluding hydrogens is 488 g/mol. The van der Waals surface area contributed by atoms with Crippen LogP contribution < -0.4 is 0 Å². The molecule has 3 aliphatic carbocycles. The van der Waals surface area contributed by atoms with E-state index in [1.807, 2.05) is 0 Å². The zero-order valence-electron chi connectivity index (χ0n) is 21.5. The molecule has 2 saturated heterocycles. The van der Waals surface area contributed by atoms with E-state index in [4.69, 9.17) is 18.9 Å². The summed E-state index contributed by atoms with van der Waals surface area (Å²) in [5.74, 6) is -6.07. The van der Waals surface area contributed by atoms with Crippen molar-refractivity contribution >= 4 is 23.7 Å². The molecule has 4 fully saturated rings. The Labute approximate surface area is 214 Å². The van der Waals surface area contributed by atoms with E-state index in [-0.39, 0.29) is 25.4 Å². The van der Waals surface area contributed by atoms with E-state index in [9.17, 15) is 34.5 Å². The highest BCUT2D eigenvalue weighted by molar-refractivity contribution is 5.96. The van der Waals surface area contributed by atoms with Crippen LogP contribution in [0.25, 0.3) is 0 Å². The van der Waals surface area contributed by atoms with Gasteiger partial charge in [-0.1, -0.05) is 26.3 Å². The molecular formula is C26H34O11. The Kier molecular flexibility index (Phi) is 5.91. The fourth-order valence-electron chi connectivity index (χ4n) is 8.34. The van der Waals surface area contributed by atoms with E-state index in [2.05, 4.69) is 0 Å². The Hall–Kier alpha value is -2.34. The van der Waals surface area contributed by atoms with Gasteiger partial charge >= 0.3 is 17.9 Å². The first-order chi connectivity index (χ1) is 17.3. The van der Waals surface area contributed by atoms with E-state index in [1.165, 1.54) is 6.08 Å². The SMILES string of the molecule is COC(=O)[C@@]12OC[C@]34[C@H]([C@@H](O)[C@@H]1O)[C@@]1(C)[C@@H](O)C(=O)C=C(C)[C@@H]1C[C@H]3OC(=O)[C@H](OC(=O)CC(C)C)[C@@H]24. The summed E-state index contributed by atoms with van der Waals surface area (Å²) in [6, 6.07) is 0. The van der Waals surface area contributed by atoms with Gasteiger partial charge in [0.1, 0.15) is 18.3 Å². The smallest absolute Gasteiger partial charge is 0.348 e. The summed E-state index contributed by atoms with van der Waals surface area (Å²) in [5.41, 5.74) is -4.26. The molecule has 3 N–H and O–H groups in total. The minimum atomic E-state index is -2.23. The van der Waals surface area contributed by atoms with Gasteiger partial charge in [0.15, 0.2) is 5.78 Å². The minimum absolute atomic E-state index is 0.00931. The van der Waals surface area contributed by atoms with Crippen molar-refractivity contribution in [3.8, 4) is 0 Å². The first-order valence-electron chi connectivity index (χ1n) is 12.7. The Morgan fingerprint density at radius 3 is 2.49 bits per heavy atom. The average Bonchev–Trinajstić information content (AvgIpc) is 3.13. The normalized spacial score (nSPS) is 48.0. The third-order valence-corrected chi connectivity index (χ3v) is 9.67. The number of ether oxygens (including phenoxy) is 4. The molecule has 0 aromatic heterocycles. The number of esters is 3. The van der Waals surface area contributed by atoms with Crippen molar-refractivity contribution in [3.63, 3.8) is 0 Å². The zero-order valence-corrected chi connectivity index (χ0v) is 21.5. The van der Waals surface area contributed by atoms with Gasteiger partial charge in [-0.25, -0.2) is 9.59 Å². The maximum Gasteiger partial charge on any atom is 0.348 e. The highest BCUT2D eigenvalue weighted by Gasteiger charge is 2.85. The molecule has 11 nitrogen and oxygen atoms in total. The van der Waals surface area contributed by atoms with Gasteiger partial charge in [0.05, 0.1) is 25.7 Å². The minimum Gasteiger partial charge on any atom is -0.467 e. The van der Waals surface area contributed by atoms with Gasteiger partial charge in [-0.3, -0.25) is 9.59 Å². The highest BCUT2D eigenvalue weighted by atomic mass is 16.6. The number of allylic oxidation sites excluding steroid dienone is 1. The lowest BCUT2D eigenvalue weighted by atomic mass is 9.38. The summed E-state index contributed by atoms with van der Waals surface area (Å²) in [5, 5.41) is 34.4. The van der Waals surface area contributed by atoms with Gasteiger partial charge in [-0.05, 0) is 31.3 Å². The predicted molar refractivity (Wildman–Crippen MR) is 122 cm³/mol. The molecule has 2 bridgehead atoms. The summed E-state index contributed by atoms with van der Waals surface area (Å²) in [7, 11) is 1.09. The van der Waals surface area contributed by atoms with Crippen LogP contribution in [0, 0.1) is 34.5 Å². The van der Waals surface area contributed by atoms with Crippen LogP contribution in [-0.2, 0) is 38.1 Å². The van der Waals surface area contributed by atoms with Gasteiger partial charge in [0.25, 0.3) is 0 Å². The number of ketones is 1. The van der Waals surface area contributed by atoms with Crippen LogP contribution in [0.15, 0.2) is 11.6 Å². The maximum atomic E-state index is 13.4. The Morgan fingerprint density at radius 2 is 1.86 bits per heavy atom. The van der Waals surface area contributed by atoms with E-state index in [0.29, 0.717) is 5.57 Å². The number of carbonyl (C=O) groups excluding carboxylic acids is 4. The Morgan fingerprint density at radius 1 is 1.19 bits per heavy atom. The number of fused-ring (bicyclic) bond motifs is 2. The van der Waals surface area contributed by atoms with Crippen LogP contribution in [-0.4, -0.2) is 88.8 Å². The molecule has 2 saturated carbocycles. The lowest BCUT2D eigenvalue weighted by Crippen LogP contribution is -2.80. The highest BCUT2D eigenvalue weighted by Crippen LogP contribution is 2.72. The molecule has 0 aromatic carbocycles. The molecule has 1 spiro atoms. The third kappa shape index (κ3) is 3.08. The summed E-state index contributed by atoms with van der Waals surface area (Å²) in [6.07, 6.45) is -6.13. The quantitative estimate of drug-likeness (QED) is 0.327. The number of methoxy groups -OCH3 is 1. The molecule has 5 rings (SSSR count). The van der Waals surface area contributed by atoms with Crippen molar-refractivity contribution in [2.75, 3.05) is 13.7 Å². The van der Waals surface area contributed by atoms with Crippen molar-refractivity contribution in [2.45, 2.75) is 76.7 Å². The van der Waals surface area contributed by atoms with Crippen molar-refractivity contribution in [2.24, 2.45) is 34.5 Å². The fourth-order valence-corrected chi connectivity index (χ4v) is 8.34. The predicted octanol–water partition coefficient (Wildman–Crippen LogP) is -0.318. The molecule has 0 aromatic rings. The Balaban J connectivity index is 1.73. The monoisotopic (exact) mass is 522 g/mol. The second-order valence-corrected chi connectivity index (χ2v) is 11.9. The number of carbonyl (C=O) groups is 4. The van der Waals surface area contributed by atoms with Gasteiger partial charge in [-0.15, -0.1) is 0 Å². The standard InChI is InChI=1S/C26H34O11/c1-10(2)6-15(28)37-17-19-25-9-35-26(19,23(33)34-5)21(31)16(29)18(25)24(4)12(8-14(25)36-22(17)32)11(3)7-13(27)20(24)30/h7,10,12,14,16-21,29-31H,6,8-9H2,1-5H3/t12-,14+,16+,17+,18+,19+,20-,21-,24-,25+,26-/m0/s1. The van der Waals surface area contributed by atoms with E-state index in [1.54, 1.807) is 27.7 Å². The lowest BCUT2D eigenvalue weighted by molar-refractivity contribution is -0.298. The average molecular weight is 523 g/mol. The summed E-state index contributed by atoms with van der Waals surface area (Å²) in [4.78, 5) is 52.3. The molecule has 37 heavy (non-hydrogen) atoms. The maximum absolute atomic E-state index is 13.4. The van der Waals surface area contributed by atoms with Crippen LogP contribution in [0.2, 0.25) is 0 Å². The molecule has 0 amide bonds. The number of rotatable bonds is 4. The van der Waals surface area contributed by atoms with E-state index < -0.39 is 88.4 Å². The second kappa shape index (κ2) is 8.33. The third-order valence-electron chi connectivity index (χ3n) is 9.67. The first-order valence-corrected chi connectivity index (χ1v) is 12.7. The van der Waals surface area contributed by atoms with Gasteiger partial charge in [0, 0.05) is 23.2 Å². The number of aliphatic hydroxyl groups excluding tert-OH is 3. The molecule has 5 aliphatic rings. The summed E-state index contributed by atoms with van der Waals surface area (Å²) < 4.78 is 22.5. The first kappa shape index (κ1) is 26.3. The largest absolute Gasteiger partial charge is 0.467 e. The molecule has 0 radical (unpaired) electrons. The van der Waals surface area contributed by atoms with Crippen molar-refractivity contribution in [1.29, 1.82) is 0 Å². The van der Waals surface area contributed by atoms with Crippen LogP contribution >= 0.6 is 0 Å². The van der Waals surface area contributed by atoms with Crippen LogP contribution in [0.3, 0.4) is 0 Å². The number of aliphatic hydroxyl groups is 3. The van der Waals surface area contributed by atoms with Crippen LogP contribution in [0.1, 0.15) is 40.5 Å². The van der Waals surface area contributed by atoms with Crippen molar-refractivity contribution < 1.29 is 53.4 Å². The van der Waals surface area contributed by atoms with E-state index >= 15 is 0 Å². The molecule has 204 valence electrons. The molecule has 2 aliphatic heterocycles. The Bertz CT molecular complexity index is 1080. The van der Waals surface area contributed by atoms with Crippen LogP contribution in [0.4, 0.5) is 0 Å². The molecule has 2 heterocycles. The summed E-state index contributed by atoms with van der Waals surface area (Å²) >= 11 is 0. The lowest BCUT2D eigenvalue weighted by Gasteiger charge is -2.67. The van der Waals surface area contributed by atoms with Crippen LogP contribution in [0.5, 0.6) is 0 Å². The van der Waals surface area contributed by atoms with E-state index in [0.717, 1.165) is 7.11 Å². The molecule has 0 unspecified atom stereocenters. The number of hydrogen-bond donors (Lipinski definition) is 3. The topological polar surface area (TPSA) is 166 Å². The summed E-state index contributed by atoms with van der Waals surface area (Å²) in [6.45, 7) is 6.74. The van der Waals surface area contributed by atoms with Gasteiger partial charge in [0.2, 0.25) is 11.7 Å². The zero-order chi connectivity index (χ0) is 27.2. The molecule has 11 heteroatoms. The fraction of sp³-hybridized carbons (Fsp3) is 0.769. The number of hydrogen-bond acceptors (Lipinski definition) is 11.